The molecule has 82 valence electrons. The average molecular weight is 313 g/mol. The van der Waals surface area contributed by atoms with Gasteiger partial charge < -0.3 is 0 Å². The minimum atomic E-state index is -0.224. The molecule has 0 radical (unpaired) electrons. The van der Waals surface area contributed by atoms with Crippen molar-refractivity contribution >= 4 is 38.6 Å². The number of hydrogen-bond donors (Lipinski definition) is 1. The highest BCUT2D eigenvalue weighted by Gasteiger charge is 2.12. The van der Waals surface area contributed by atoms with Gasteiger partial charge in [-0.05, 0) is 39.5 Å². The molecule has 0 aromatic carbocycles. The number of nitrogens with zero attached hydrogens (tertiary/aromatic N) is 1. The Kier molecular flexibility index (Phi) is 4.13. The number of rotatable bonds is 4. The lowest BCUT2D eigenvalue weighted by Gasteiger charge is -2.07. The normalized spacial score (nSPS) is 12.2. The van der Waals surface area contributed by atoms with Crippen molar-refractivity contribution in [3.8, 4) is 6.07 Å². The van der Waals surface area contributed by atoms with Crippen molar-refractivity contribution in [2.45, 2.75) is 12.6 Å². The molecule has 1 unspecified atom stereocenters. The van der Waals surface area contributed by atoms with Crippen LogP contribution < -0.4 is 5.32 Å². The fraction of sp³-hybridized carbons (Fsp3) is 0.182. The quantitative estimate of drug-likeness (QED) is 0.928. The Morgan fingerprint density at radius 1 is 1.44 bits per heavy atom. The number of halogens is 1. The lowest BCUT2D eigenvalue weighted by atomic mass is 10.2. The van der Waals surface area contributed by atoms with Crippen LogP contribution in [0.25, 0.3) is 0 Å². The van der Waals surface area contributed by atoms with Gasteiger partial charge >= 0.3 is 0 Å². The molecule has 0 saturated heterocycles. The summed E-state index contributed by atoms with van der Waals surface area (Å²) in [5, 5.41) is 14.4. The second kappa shape index (κ2) is 5.60. The summed E-state index contributed by atoms with van der Waals surface area (Å²) in [6.07, 6.45) is 0. The van der Waals surface area contributed by atoms with E-state index in [-0.39, 0.29) is 6.04 Å². The van der Waals surface area contributed by atoms with Crippen LogP contribution in [0.4, 0.5) is 0 Å². The Hall–Kier alpha value is -0.670. The Bertz CT molecular complexity index is 484. The molecule has 1 N–H and O–H groups in total. The molecule has 16 heavy (non-hydrogen) atoms. The summed E-state index contributed by atoms with van der Waals surface area (Å²) in [5.74, 6) is 0. The first-order chi connectivity index (χ1) is 7.79. The van der Waals surface area contributed by atoms with Gasteiger partial charge in [-0.3, -0.25) is 5.32 Å². The highest BCUT2D eigenvalue weighted by Crippen LogP contribution is 2.27. The molecular formula is C11H9BrN2S2. The average Bonchev–Trinajstić information content (AvgIpc) is 2.91. The van der Waals surface area contributed by atoms with Gasteiger partial charge in [-0.2, -0.15) is 5.26 Å². The zero-order valence-corrected chi connectivity index (χ0v) is 11.5. The number of nitriles is 1. The summed E-state index contributed by atoms with van der Waals surface area (Å²) < 4.78 is 1.06. The van der Waals surface area contributed by atoms with Crippen molar-refractivity contribution in [2.75, 3.05) is 0 Å². The lowest BCUT2D eigenvalue weighted by Crippen LogP contribution is -2.17. The fourth-order valence-corrected chi connectivity index (χ4v) is 3.41. The van der Waals surface area contributed by atoms with Crippen LogP contribution in [-0.4, -0.2) is 0 Å². The van der Waals surface area contributed by atoms with E-state index in [2.05, 4.69) is 33.4 Å². The maximum absolute atomic E-state index is 9.10. The molecule has 5 heteroatoms. The highest BCUT2D eigenvalue weighted by atomic mass is 79.9. The molecule has 2 nitrogen and oxygen atoms in total. The molecule has 0 bridgehead atoms. The maximum Gasteiger partial charge on any atom is 0.130 e. The van der Waals surface area contributed by atoms with E-state index >= 15 is 0 Å². The summed E-state index contributed by atoms with van der Waals surface area (Å²) in [6.45, 7) is 0.741. The Labute approximate surface area is 111 Å². The third-order valence-corrected chi connectivity index (χ3v) is 4.63. The van der Waals surface area contributed by atoms with E-state index in [4.69, 9.17) is 5.26 Å². The molecule has 2 aromatic heterocycles. The van der Waals surface area contributed by atoms with Crippen molar-refractivity contribution in [1.29, 1.82) is 5.26 Å². The summed E-state index contributed by atoms with van der Waals surface area (Å²) in [4.78, 5) is 2.29. The van der Waals surface area contributed by atoms with Crippen molar-refractivity contribution in [3.05, 3.63) is 43.2 Å². The molecule has 0 aliphatic carbocycles. The SMILES string of the molecule is N#CC(NCc1cccs1)c1ccc(Br)s1. The topological polar surface area (TPSA) is 35.8 Å². The van der Waals surface area contributed by atoms with Gasteiger partial charge in [-0.1, -0.05) is 6.07 Å². The molecule has 0 fully saturated rings. The van der Waals surface area contributed by atoms with Gasteiger partial charge in [0.2, 0.25) is 0 Å². The second-order valence-electron chi connectivity index (χ2n) is 3.16. The predicted octanol–water partition coefficient (Wildman–Crippen LogP) is 3.93. The third-order valence-electron chi connectivity index (χ3n) is 2.07. The Morgan fingerprint density at radius 3 is 2.88 bits per heavy atom. The smallest absolute Gasteiger partial charge is 0.130 e. The zero-order chi connectivity index (χ0) is 11.4. The van der Waals surface area contributed by atoms with Crippen LogP contribution in [0, 0.1) is 11.3 Å². The minimum Gasteiger partial charge on any atom is -0.293 e. The lowest BCUT2D eigenvalue weighted by molar-refractivity contribution is 0.644. The fourth-order valence-electron chi connectivity index (χ4n) is 1.31. The van der Waals surface area contributed by atoms with Crippen LogP contribution in [0.15, 0.2) is 33.4 Å². The molecule has 2 rings (SSSR count). The van der Waals surface area contributed by atoms with E-state index in [1.165, 1.54) is 4.88 Å². The summed E-state index contributed by atoms with van der Waals surface area (Å²) in [5.41, 5.74) is 0. The monoisotopic (exact) mass is 312 g/mol. The van der Waals surface area contributed by atoms with Gasteiger partial charge in [-0.15, -0.1) is 22.7 Å². The van der Waals surface area contributed by atoms with Gasteiger partial charge in [0, 0.05) is 16.3 Å². The van der Waals surface area contributed by atoms with Gasteiger partial charge in [0.15, 0.2) is 0 Å². The molecule has 2 heterocycles. The standard InChI is InChI=1S/C11H9BrN2S2/c12-11-4-3-10(16-11)9(6-13)14-7-8-2-1-5-15-8/h1-5,9,14H,7H2. The first kappa shape index (κ1) is 11.8. The van der Waals surface area contributed by atoms with E-state index in [1.807, 2.05) is 23.6 Å². The van der Waals surface area contributed by atoms with Gasteiger partial charge in [0.25, 0.3) is 0 Å². The van der Waals surface area contributed by atoms with Gasteiger partial charge in [0.1, 0.15) is 6.04 Å². The van der Waals surface area contributed by atoms with E-state index in [0.717, 1.165) is 15.2 Å². The van der Waals surface area contributed by atoms with E-state index in [9.17, 15) is 0 Å². The van der Waals surface area contributed by atoms with Crippen LogP contribution in [0.2, 0.25) is 0 Å². The van der Waals surface area contributed by atoms with E-state index in [0.29, 0.717) is 0 Å². The molecule has 0 aliphatic heterocycles. The van der Waals surface area contributed by atoms with Crippen molar-refractivity contribution in [3.63, 3.8) is 0 Å². The molecular weight excluding hydrogens is 304 g/mol. The summed E-state index contributed by atoms with van der Waals surface area (Å²) in [6, 6.07) is 10.1. The summed E-state index contributed by atoms with van der Waals surface area (Å²) >= 11 is 6.69. The van der Waals surface area contributed by atoms with E-state index in [1.54, 1.807) is 22.7 Å². The Balaban J connectivity index is 1.99. The van der Waals surface area contributed by atoms with Crippen molar-refractivity contribution in [1.82, 2.24) is 5.32 Å². The van der Waals surface area contributed by atoms with Gasteiger partial charge in [-0.25, -0.2) is 0 Å². The van der Waals surface area contributed by atoms with Crippen LogP contribution >= 0.6 is 38.6 Å². The number of nitrogens with one attached hydrogen (secondary N) is 1. The van der Waals surface area contributed by atoms with Crippen LogP contribution in [0.3, 0.4) is 0 Å². The summed E-state index contributed by atoms with van der Waals surface area (Å²) in [7, 11) is 0. The molecule has 1 atom stereocenters. The largest absolute Gasteiger partial charge is 0.293 e. The van der Waals surface area contributed by atoms with Gasteiger partial charge in [0.05, 0.1) is 9.86 Å². The first-order valence-corrected chi connectivity index (χ1v) is 7.19. The van der Waals surface area contributed by atoms with Crippen molar-refractivity contribution < 1.29 is 0 Å². The zero-order valence-electron chi connectivity index (χ0n) is 8.31. The molecule has 2 aromatic rings. The minimum absolute atomic E-state index is 0.224. The maximum atomic E-state index is 9.10. The molecule has 0 saturated carbocycles. The first-order valence-electron chi connectivity index (χ1n) is 4.70. The van der Waals surface area contributed by atoms with Crippen LogP contribution in [0.1, 0.15) is 15.8 Å². The Morgan fingerprint density at radius 2 is 2.31 bits per heavy atom. The molecule has 0 amide bonds. The third kappa shape index (κ3) is 2.92. The van der Waals surface area contributed by atoms with Crippen LogP contribution in [-0.2, 0) is 6.54 Å². The highest BCUT2D eigenvalue weighted by molar-refractivity contribution is 9.11. The van der Waals surface area contributed by atoms with Crippen molar-refractivity contribution in [2.24, 2.45) is 0 Å². The molecule has 0 spiro atoms. The van der Waals surface area contributed by atoms with Crippen LogP contribution in [0.5, 0.6) is 0 Å². The molecule has 0 aliphatic rings. The van der Waals surface area contributed by atoms with E-state index < -0.39 is 0 Å². The second-order valence-corrected chi connectivity index (χ2v) is 6.69. The number of thiophene rings is 2. The number of hydrogen-bond acceptors (Lipinski definition) is 4. The predicted molar refractivity (Wildman–Crippen MR) is 71.5 cm³/mol.